The SMILES string of the molecule is CCCOC(=O)N1CCN(Cc2cc(=O)c(O)c[nH]2)CC1. The van der Waals surface area contributed by atoms with E-state index in [0.29, 0.717) is 26.2 Å². The molecular formula is C14H21N3O4. The normalized spacial score (nSPS) is 16.0. The van der Waals surface area contributed by atoms with Crippen LogP contribution in [0.1, 0.15) is 19.0 Å². The third-order valence-electron chi connectivity index (χ3n) is 3.41. The summed E-state index contributed by atoms with van der Waals surface area (Å²) >= 11 is 0. The Bertz CT molecular complexity index is 535. The maximum atomic E-state index is 11.7. The molecule has 1 aliphatic rings. The second kappa shape index (κ2) is 7.12. The van der Waals surface area contributed by atoms with Crippen LogP contribution in [0.3, 0.4) is 0 Å². The number of hydrogen-bond acceptors (Lipinski definition) is 5. The van der Waals surface area contributed by atoms with Gasteiger partial charge < -0.3 is 19.7 Å². The maximum absolute atomic E-state index is 11.7. The molecule has 0 radical (unpaired) electrons. The maximum Gasteiger partial charge on any atom is 0.409 e. The van der Waals surface area contributed by atoms with Gasteiger partial charge in [0, 0.05) is 50.7 Å². The third kappa shape index (κ3) is 4.22. The number of aromatic amines is 1. The van der Waals surface area contributed by atoms with Crippen LogP contribution in [0, 0.1) is 0 Å². The van der Waals surface area contributed by atoms with E-state index >= 15 is 0 Å². The zero-order valence-corrected chi connectivity index (χ0v) is 12.2. The molecule has 0 spiro atoms. The summed E-state index contributed by atoms with van der Waals surface area (Å²) in [5.41, 5.74) is 0.366. The Kier molecular flexibility index (Phi) is 5.21. The van der Waals surface area contributed by atoms with Gasteiger partial charge in [-0.2, -0.15) is 0 Å². The summed E-state index contributed by atoms with van der Waals surface area (Å²) < 4.78 is 5.11. The summed E-state index contributed by atoms with van der Waals surface area (Å²) in [7, 11) is 0. The highest BCUT2D eigenvalue weighted by Gasteiger charge is 2.22. The number of piperazine rings is 1. The van der Waals surface area contributed by atoms with E-state index in [1.54, 1.807) is 4.90 Å². The second-order valence-corrected chi connectivity index (χ2v) is 5.09. The Morgan fingerprint density at radius 2 is 2.10 bits per heavy atom. The van der Waals surface area contributed by atoms with E-state index < -0.39 is 0 Å². The molecule has 1 amide bonds. The van der Waals surface area contributed by atoms with Gasteiger partial charge in [-0.15, -0.1) is 0 Å². The van der Waals surface area contributed by atoms with E-state index in [2.05, 4.69) is 9.88 Å². The minimum absolute atomic E-state index is 0.255. The highest BCUT2D eigenvalue weighted by atomic mass is 16.6. The Balaban J connectivity index is 1.82. The first-order chi connectivity index (χ1) is 10.1. The number of nitrogens with one attached hydrogen (secondary N) is 1. The lowest BCUT2D eigenvalue weighted by molar-refractivity contribution is 0.0743. The molecule has 1 aromatic rings. The van der Waals surface area contributed by atoms with Crippen LogP contribution < -0.4 is 5.43 Å². The van der Waals surface area contributed by atoms with Crippen LogP contribution in [-0.4, -0.2) is 58.8 Å². The van der Waals surface area contributed by atoms with Crippen molar-refractivity contribution in [1.82, 2.24) is 14.8 Å². The molecule has 0 unspecified atom stereocenters. The van der Waals surface area contributed by atoms with Gasteiger partial charge in [0.25, 0.3) is 0 Å². The molecule has 0 atom stereocenters. The van der Waals surface area contributed by atoms with Crippen molar-refractivity contribution in [3.05, 3.63) is 28.2 Å². The molecule has 21 heavy (non-hydrogen) atoms. The lowest BCUT2D eigenvalue weighted by Gasteiger charge is -2.33. The fourth-order valence-corrected chi connectivity index (χ4v) is 2.21. The topological polar surface area (TPSA) is 85.9 Å². The summed E-state index contributed by atoms with van der Waals surface area (Å²) in [5.74, 6) is -0.276. The number of H-pyrrole nitrogens is 1. The molecule has 0 saturated carbocycles. The number of nitrogens with zero attached hydrogens (tertiary/aromatic N) is 2. The van der Waals surface area contributed by atoms with Crippen molar-refractivity contribution in [1.29, 1.82) is 0 Å². The number of pyridine rings is 1. The van der Waals surface area contributed by atoms with Crippen molar-refractivity contribution >= 4 is 6.09 Å². The van der Waals surface area contributed by atoms with Crippen LogP contribution in [0.4, 0.5) is 4.79 Å². The predicted molar refractivity (Wildman–Crippen MR) is 77.2 cm³/mol. The predicted octanol–water partition coefficient (Wildman–Crippen LogP) is 0.745. The fraction of sp³-hybridized carbons (Fsp3) is 0.571. The molecule has 7 heteroatoms. The lowest BCUT2D eigenvalue weighted by atomic mass is 10.2. The number of carbonyl (C=O) groups excluding carboxylic acids is 1. The molecule has 2 N–H and O–H groups in total. The van der Waals surface area contributed by atoms with Crippen molar-refractivity contribution in [3.63, 3.8) is 0 Å². The number of rotatable bonds is 4. The van der Waals surface area contributed by atoms with Crippen LogP contribution in [-0.2, 0) is 11.3 Å². The molecule has 2 heterocycles. The molecule has 2 rings (SSSR count). The average molecular weight is 295 g/mol. The fourth-order valence-electron chi connectivity index (χ4n) is 2.21. The van der Waals surface area contributed by atoms with E-state index in [4.69, 9.17) is 4.74 Å². The van der Waals surface area contributed by atoms with Crippen LogP contribution in [0.25, 0.3) is 0 Å². The number of ether oxygens (including phenoxy) is 1. The molecule has 1 fully saturated rings. The van der Waals surface area contributed by atoms with E-state index in [-0.39, 0.29) is 17.3 Å². The zero-order chi connectivity index (χ0) is 15.2. The van der Waals surface area contributed by atoms with Gasteiger partial charge in [-0.25, -0.2) is 4.79 Å². The van der Waals surface area contributed by atoms with Crippen molar-refractivity contribution in [2.45, 2.75) is 19.9 Å². The average Bonchev–Trinajstić information content (AvgIpc) is 2.49. The van der Waals surface area contributed by atoms with Crippen molar-refractivity contribution in [3.8, 4) is 5.75 Å². The summed E-state index contributed by atoms with van der Waals surface area (Å²) in [6.07, 6.45) is 1.87. The first-order valence-electron chi connectivity index (χ1n) is 7.14. The smallest absolute Gasteiger partial charge is 0.409 e. The van der Waals surface area contributed by atoms with Crippen LogP contribution in [0.2, 0.25) is 0 Å². The number of aromatic hydroxyl groups is 1. The van der Waals surface area contributed by atoms with Crippen LogP contribution in [0.5, 0.6) is 5.75 Å². The molecule has 1 aromatic heterocycles. The van der Waals surface area contributed by atoms with Gasteiger partial charge in [-0.1, -0.05) is 6.92 Å². The molecule has 116 valence electrons. The minimum atomic E-state index is -0.384. The highest BCUT2D eigenvalue weighted by molar-refractivity contribution is 5.67. The molecule has 0 aliphatic carbocycles. The Labute approximate surface area is 123 Å². The van der Waals surface area contributed by atoms with Gasteiger partial charge >= 0.3 is 6.09 Å². The molecule has 0 bridgehead atoms. The van der Waals surface area contributed by atoms with E-state index in [1.807, 2.05) is 6.92 Å². The molecule has 1 saturated heterocycles. The van der Waals surface area contributed by atoms with E-state index in [9.17, 15) is 14.7 Å². The summed E-state index contributed by atoms with van der Waals surface area (Å²) in [6.45, 7) is 5.69. The summed E-state index contributed by atoms with van der Waals surface area (Å²) in [4.78, 5) is 29.8. The lowest BCUT2D eigenvalue weighted by Crippen LogP contribution is -2.48. The van der Waals surface area contributed by atoms with E-state index in [1.165, 1.54) is 12.3 Å². The van der Waals surface area contributed by atoms with Gasteiger partial charge in [-0.05, 0) is 6.42 Å². The van der Waals surface area contributed by atoms with Crippen molar-refractivity contribution < 1.29 is 14.6 Å². The number of aromatic nitrogens is 1. The van der Waals surface area contributed by atoms with Gasteiger partial charge in [0.15, 0.2) is 5.75 Å². The molecule has 7 nitrogen and oxygen atoms in total. The van der Waals surface area contributed by atoms with Gasteiger partial charge in [0.1, 0.15) is 0 Å². The molecule has 1 aliphatic heterocycles. The first kappa shape index (κ1) is 15.4. The third-order valence-corrected chi connectivity index (χ3v) is 3.41. The van der Waals surface area contributed by atoms with Gasteiger partial charge in [-0.3, -0.25) is 9.69 Å². The van der Waals surface area contributed by atoms with Crippen molar-refractivity contribution in [2.24, 2.45) is 0 Å². The zero-order valence-electron chi connectivity index (χ0n) is 12.2. The van der Waals surface area contributed by atoms with Gasteiger partial charge in [0.05, 0.1) is 6.61 Å². The van der Waals surface area contributed by atoms with Gasteiger partial charge in [0.2, 0.25) is 5.43 Å². The summed E-state index contributed by atoms with van der Waals surface area (Å²) in [5, 5.41) is 9.20. The summed E-state index contributed by atoms with van der Waals surface area (Å²) in [6, 6.07) is 1.40. The highest BCUT2D eigenvalue weighted by Crippen LogP contribution is 2.08. The Hall–Kier alpha value is -2.02. The largest absolute Gasteiger partial charge is 0.503 e. The van der Waals surface area contributed by atoms with Crippen molar-refractivity contribution in [2.75, 3.05) is 32.8 Å². The standard InChI is InChI=1S/C14H21N3O4/c1-2-7-21-14(20)17-5-3-16(4-6-17)10-11-8-12(18)13(19)9-15-11/h8-9,19H,2-7,10H2,1H3,(H,15,18). The van der Waals surface area contributed by atoms with Crippen LogP contribution >= 0.6 is 0 Å². The quantitative estimate of drug-likeness (QED) is 0.856. The molecular weight excluding hydrogens is 274 g/mol. The minimum Gasteiger partial charge on any atom is -0.503 e. The van der Waals surface area contributed by atoms with E-state index in [0.717, 1.165) is 25.2 Å². The number of carbonyl (C=O) groups is 1. The Morgan fingerprint density at radius 3 is 2.71 bits per heavy atom. The Morgan fingerprint density at radius 1 is 1.38 bits per heavy atom. The van der Waals surface area contributed by atoms with Crippen LogP contribution in [0.15, 0.2) is 17.1 Å². The second-order valence-electron chi connectivity index (χ2n) is 5.09. The molecule has 0 aromatic carbocycles. The number of hydrogen-bond donors (Lipinski definition) is 2. The number of amides is 1. The monoisotopic (exact) mass is 295 g/mol. The first-order valence-corrected chi connectivity index (χ1v) is 7.14.